The lowest BCUT2D eigenvalue weighted by Gasteiger charge is -2.14. The van der Waals surface area contributed by atoms with Crippen LogP contribution < -0.4 is 10.1 Å². The number of hydrogen-bond acceptors (Lipinski definition) is 2. The number of ether oxygens (including phenoxy) is 1. The van der Waals surface area contributed by atoms with Crippen LogP contribution in [0.25, 0.3) is 0 Å². The van der Waals surface area contributed by atoms with Crippen molar-refractivity contribution in [1.82, 2.24) is 0 Å². The molecule has 0 radical (unpaired) electrons. The average molecular weight is 314 g/mol. The zero-order valence-corrected chi connectivity index (χ0v) is 11.5. The SMILES string of the molecule is FC(F)(F)Oc1cccc(C2Cc3cccc(Cl)c3N2)c1. The molecule has 1 atom stereocenters. The van der Waals surface area contributed by atoms with Gasteiger partial charge in [0, 0.05) is 0 Å². The van der Waals surface area contributed by atoms with Crippen molar-refractivity contribution in [3.8, 4) is 5.75 Å². The van der Waals surface area contributed by atoms with Crippen molar-refractivity contribution in [2.75, 3.05) is 5.32 Å². The number of benzene rings is 2. The van der Waals surface area contributed by atoms with Gasteiger partial charge in [0.05, 0.1) is 16.8 Å². The summed E-state index contributed by atoms with van der Waals surface area (Å²) in [5.74, 6) is -0.219. The highest BCUT2D eigenvalue weighted by Gasteiger charge is 2.31. The summed E-state index contributed by atoms with van der Waals surface area (Å²) in [4.78, 5) is 0. The molecule has 110 valence electrons. The van der Waals surface area contributed by atoms with Crippen LogP contribution in [0.2, 0.25) is 5.02 Å². The van der Waals surface area contributed by atoms with Crippen molar-refractivity contribution in [2.24, 2.45) is 0 Å². The minimum Gasteiger partial charge on any atom is -0.406 e. The highest BCUT2D eigenvalue weighted by Crippen LogP contribution is 2.39. The number of para-hydroxylation sites is 1. The lowest BCUT2D eigenvalue weighted by molar-refractivity contribution is -0.274. The molecule has 1 heterocycles. The second kappa shape index (κ2) is 5.15. The quantitative estimate of drug-likeness (QED) is 0.847. The van der Waals surface area contributed by atoms with Gasteiger partial charge in [-0.3, -0.25) is 0 Å². The maximum Gasteiger partial charge on any atom is 0.573 e. The zero-order valence-electron chi connectivity index (χ0n) is 10.7. The molecule has 0 spiro atoms. The summed E-state index contributed by atoms with van der Waals surface area (Å²) in [5, 5.41) is 3.85. The molecule has 1 unspecified atom stereocenters. The van der Waals surface area contributed by atoms with E-state index in [0.717, 1.165) is 16.8 Å². The largest absolute Gasteiger partial charge is 0.573 e. The van der Waals surface area contributed by atoms with Gasteiger partial charge in [0.15, 0.2) is 0 Å². The van der Waals surface area contributed by atoms with Crippen LogP contribution in [0.3, 0.4) is 0 Å². The minimum atomic E-state index is -4.69. The molecule has 2 nitrogen and oxygen atoms in total. The van der Waals surface area contributed by atoms with E-state index in [1.165, 1.54) is 12.1 Å². The molecule has 1 N–H and O–H groups in total. The van der Waals surface area contributed by atoms with Gasteiger partial charge < -0.3 is 10.1 Å². The van der Waals surface area contributed by atoms with Crippen LogP contribution in [0.4, 0.5) is 18.9 Å². The van der Waals surface area contributed by atoms with Crippen LogP contribution in [0, 0.1) is 0 Å². The fraction of sp³-hybridized carbons (Fsp3) is 0.200. The van der Waals surface area contributed by atoms with Gasteiger partial charge in [-0.25, -0.2) is 0 Å². The predicted octanol–water partition coefficient (Wildman–Crippen LogP) is 4.95. The number of fused-ring (bicyclic) bond motifs is 1. The van der Waals surface area contributed by atoms with E-state index in [1.807, 2.05) is 12.1 Å². The fourth-order valence-electron chi connectivity index (χ4n) is 2.48. The van der Waals surface area contributed by atoms with Crippen molar-refractivity contribution in [1.29, 1.82) is 0 Å². The zero-order chi connectivity index (χ0) is 15.0. The molecule has 0 saturated heterocycles. The van der Waals surface area contributed by atoms with Gasteiger partial charge in [-0.05, 0) is 35.7 Å². The molecule has 2 aromatic rings. The Morgan fingerprint density at radius 3 is 2.62 bits per heavy atom. The molecule has 21 heavy (non-hydrogen) atoms. The number of hydrogen-bond donors (Lipinski definition) is 1. The van der Waals surface area contributed by atoms with Crippen molar-refractivity contribution < 1.29 is 17.9 Å². The van der Waals surface area contributed by atoms with Gasteiger partial charge in [0.1, 0.15) is 5.75 Å². The van der Waals surface area contributed by atoms with Crippen molar-refractivity contribution >= 4 is 17.3 Å². The van der Waals surface area contributed by atoms with Crippen LogP contribution >= 0.6 is 11.6 Å². The first-order valence-electron chi connectivity index (χ1n) is 6.32. The van der Waals surface area contributed by atoms with E-state index in [0.29, 0.717) is 11.4 Å². The third-order valence-electron chi connectivity index (χ3n) is 3.34. The average Bonchev–Trinajstić information content (AvgIpc) is 2.82. The molecule has 3 rings (SSSR count). The van der Waals surface area contributed by atoms with E-state index < -0.39 is 6.36 Å². The lowest BCUT2D eigenvalue weighted by Crippen LogP contribution is -2.17. The molecular weight excluding hydrogens is 303 g/mol. The van der Waals surface area contributed by atoms with E-state index in [4.69, 9.17) is 11.6 Å². The predicted molar refractivity (Wildman–Crippen MR) is 74.6 cm³/mol. The van der Waals surface area contributed by atoms with E-state index in [2.05, 4.69) is 10.1 Å². The normalized spacial score (nSPS) is 17.2. The highest BCUT2D eigenvalue weighted by atomic mass is 35.5. The minimum absolute atomic E-state index is 0.114. The Hall–Kier alpha value is -1.88. The van der Waals surface area contributed by atoms with Gasteiger partial charge >= 0.3 is 6.36 Å². The maximum atomic E-state index is 12.3. The number of anilines is 1. The Kier molecular flexibility index (Phi) is 3.45. The maximum absolute atomic E-state index is 12.3. The smallest absolute Gasteiger partial charge is 0.406 e. The topological polar surface area (TPSA) is 21.3 Å². The van der Waals surface area contributed by atoms with Crippen molar-refractivity contribution in [3.63, 3.8) is 0 Å². The third kappa shape index (κ3) is 3.08. The Balaban J connectivity index is 1.84. The molecule has 0 saturated carbocycles. The molecule has 0 bridgehead atoms. The fourth-order valence-corrected chi connectivity index (χ4v) is 2.72. The summed E-state index contributed by atoms with van der Waals surface area (Å²) in [6, 6.07) is 11.5. The third-order valence-corrected chi connectivity index (χ3v) is 3.65. The summed E-state index contributed by atoms with van der Waals surface area (Å²) in [6.07, 6.45) is -4.01. The molecule has 0 aliphatic carbocycles. The first-order valence-corrected chi connectivity index (χ1v) is 6.70. The van der Waals surface area contributed by atoms with Crippen LogP contribution in [-0.4, -0.2) is 6.36 Å². The van der Waals surface area contributed by atoms with Gasteiger partial charge in [0.2, 0.25) is 0 Å². The van der Waals surface area contributed by atoms with Crippen LogP contribution in [-0.2, 0) is 6.42 Å². The molecule has 0 aromatic heterocycles. The first-order chi connectivity index (χ1) is 9.92. The molecule has 1 aliphatic rings. The Morgan fingerprint density at radius 1 is 1.14 bits per heavy atom. The van der Waals surface area contributed by atoms with Crippen LogP contribution in [0.1, 0.15) is 17.2 Å². The monoisotopic (exact) mass is 313 g/mol. The summed E-state index contributed by atoms with van der Waals surface area (Å²) in [7, 11) is 0. The van der Waals surface area contributed by atoms with Gasteiger partial charge in [-0.2, -0.15) is 0 Å². The first kappa shape index (κ1) is 14.1. The Bertz CT molecular complexity index is 672. The standard InChI is InChI=1S/C15H11ClF3NO/c16-12-6-2-4-10-8-13(20-14(10)12)9-3-1-5-11(7-9)21-15(17,18)19/h1-7,13,20H,8H2. The molecular formula is C15H11ClF3NO. The number of alkyl halides is 3. The highest BCUT2D eigenvalue weighted by molar-refractivity contribution is 6.33. The summed E-state index contributed by atoms with van der Waals surface area (Å²) < 4.78 is 40.7. The summed E-state index contributed by atoms with van der Waals surface area (Å²) in [6.45, 7) is 0. The molecule has 2 aromatic carbocycles. The number of halogens is 4. The Morgan fingerprint density at radius 2 is 1.90 bits per heavy atom. The number of nitrogens with one attached hydrogen (secondary N) is 1. The van der Waals surface area contributed by atoms with E-state index in [-0.39, 0.29) is 11.8 Å². The van der Waals surface area contributed by atoms with Gasteiger partial charge in [0.25, 0.3) is 0 Å². The van der Waals surface area contributed by atoms with Crippen molar-refractivity contribution in [2.45, 2.75) is 18.8 Å². The molecule has 1 aliphatic heterocycles. The second-order valence-corrected chi connectivity index (χ2v) is 5.20. The molecule has 6 heteroatoms. The van der Waals surface area contributed by atoms with Crippen LogP contribution in [0.5, 0.6) is 5.75 Å². The van der Waals surface area contributed by atoms with Gasteiger partial charge in [-0.15, -0.1) is 13.2 Å². The Labute approximate surface area is 124 Å². The van der Waals surface area contributed by atoms with E-state index in [1.54, 1.807) is 18.2 Å². The van der Waals surface area contributed by atoms with Crippen molar-refractivity contribution in [3.05, 3.63) is 58.6 Å². The second-order valence-electron chi connectivity index (χ2n) is 4.80. The van der Waals surface area contributed by atoms with Crippen LogP contribution in [0.15, 0.2) is 42.5 Å². The van der Waals surface area contributed by atoms with Gasteiger partial charge in [-0.1, -0.05) is 35.9 Å². The summed E-state index contributed by atoms with van der Waals surface area (Å²) in [5.41, 5.74) is 2.62. The number of rotatable bonds is 2. The molecule has 0 fully saturated rings. The lowest BCUT2D eigenvalue weighted by atomic mass is 10.0. The van der Waals surface area contributed by atoms with E-state index in [9.17, 15) is 13.2 Å². The van der Waals surface area contributed by atoms with E-state index >= 15 is 0 Å². The molecule has 0 amide bonds. The summed E-state index contributed by atoms with van der Waals surface area (Å²) >= 11 is 6.10.